The van der Waals surface area contributed by atoms with E-state index in [2.05, 4.69) is 42.6 Å². The molecule has 1 N–H and O–H groups in total. The number of aryl methyl sites for hydroxylation is 1. The van der Waals surface area contributed by atoms with E-state index < -0.39 is 0 Å². The molecular weight excluding hydrogens is 286 g/mol. The van der Waals surface area contributed by atoms with Crippen LogP contribution >= 0.6 is 23.4 Å². The Morgan fingerprint density at radius 1 is 1.15 bits per heavy atom. The van der Waals surface area contributed by atoms with E-state index >= 15 is 0 Å². The molecule has 0 radical (unpaired) electrons. The van der Waals surface area contributed by atoms with Gasteiger partial charge in [0.25, 0.3) is 0 Å². The summed E-state index contributed by atoms with van der Waals surface area (Å²) in [6.45, 7) is 2.14. The molecule has 0 saturated heterocycles. The molecule has 0 bridgehead atoms. The Balaban J connectivity index is 1.92. The molecule has 1 unspecified atom stereocenters. The topological polar surface area (TPSA) is 12.0 Å². The van der Waals surface area contributed by atoms with Crippen molar-refractivity contribution in [3.63, 3.8) is 0 Å². The van der Waals surface area contributed by atoms with Crippen molar-refractivity contribution >= 4 is 23.4 Å². The number of nitrogens with one attached hydrogen (secondary N) is 1. The first-order chi connectivity index (χ1) is 9.67. The zero-order valence-electron chi connectivity index (χ0n) is 11.9. The average Bonchev–Trinajstić information content (AvgIpc) is 2.43. The molecule has 0 aliphatic rings. The maximum Gasteiger partial charge on any atom is 0.0417 e. The maximum atomic E-state index is 6.01. The fraction of sp³-hybridized carbons (Fsp3) is 0.294. The molecule has 106 valence electrons. The number of benzene rings is 2. The van der Waals surface area contributed by atoms with Crippen LogP contribution in [0.2, 0.25) is 5.02 Å². The normalized spacial score (nSPS) is 12.3. The summed E-state index contributed by atoms with van der Waals surface area (Å²) in [5.74, 6) is 1.03. The van der Waals surface area contributed by atoms with E-state index in [0.717, 1.165) is 17.2 Å². The Morgan fingerprint density at radius 3 is 2.65 bits per heavy atom. The standard InChI is InChI=1S/C17H20ClNS/c1-13-5-3-6-14(9-13)10-16(19-2)12-20-17-8-4-7-15(18)11-17/h3-9,11,16,19H,10,12H2,1-2H3. The van der Waals surface area contributed by atoms with E-state index in [1.807, 2.05) is 37.0 Å². The molecule has 1 nitrogen and oxygen atoms in total. The second kappa shape index (κ2) is 7.72. The molecule has 0 amide bonds. The van der Waals surface area contributed by atoms with Crippen LogP contribution in [0.4, 0.5) is 0 Å². The second-order valence-corrected chi connectivity index (χ2v) is 6.48. The fourth-order valence-electron chi connectivity index (χ4n) is 2.12. The number of likely N-dealkylation sites (N-methyl/N-ethyl adjacent to an activating group) is 1. The summed E-state index contributed by atoms with van der Waals surface area (Å²) in [5, 5.41) is 4.20. The first kappa shape index (κ1) is 15.4. The fourth-order valence-corrected chi connectivity index (χ4v) is 3.44. The third-order valence-corrected chi connectivity index (χ3v) is 4.61. The summed E-state index contributed by atoms with van der Waals surface area (Å²) in [6, 6.07) is 17.2. The number of hydrogen-bond acceptors (Lipinski definition) is 2. The van der Waals surface area contributed by atoms with Gasteiger partial charge in [-0.1, -0.05) is 47.5 Å². The van der Waals surface area contributed by atoms with Crippen molar-refractivity contribution in [2.45, 2.75) is 24.3 Å². The molecule has 2 aromatic carbocycles. The van der Waals surface area contributed by atoms with Crippen molar-refractivity contribution in [1.29, 1.82) is 0 Å². The summed E-state index contributed by atoms with van der Waals surface area (Å²) < 4.78 is 0. The summed E-state index contributed by atoms with van der Waals surface area (Å²) in [5.41, 5.74) is 2.70. The van der Waals surface area contributed by atoms with Crippen molar-refractivity contribution in [2.24, 2.45) is 0 Å². The van der Waals surface area contributed by atoms with Crippen LogP contribution in [-0.2, 0) is 6.42 Å². The van der Waals surface area contributed by atoms with Crippen LogP contribution in [0.15, 0.2) is 53.4 Å². The van der Waals surface area contributed by atoms with Gasteiger partial charge in [-0.25, -0.2) is 0 Å². The van der Waals surface area contributed by atoms with E-state index in [9.17, 15) is 0 Å². The quantitative estimate of drug-likeness (QED) is 0.785. The summed E-state index contributed by atoms with van der Waals surface area (Å²) >= 11 is 7.86. The van der Waals surface area contributed by atoms with Gasteiger partial charge in [0.05, 0.1) is 0 Å². The van der Waals surface area contributed by atoms with Gasteiger partial charge in [0.2, 0.25) is 0 Å². The van der Waals surface area contributed by atoms with Gasteiger partial charge in [0.15, 0.2) is 0 Å². The highest BCUT2D eigenvalue weighted by Crippen LogP contribution is 2.23. The molecule has 0 aliphatic carbocycles. The molecule has 0 fully saturated rings. The lowest BCUT2D eigenvalue weighted by Crippen LogP contribution is -2.30. The van der Waals surface area contributed by atoms with E-state index in [1.54, 1.807) is 0 Å². The number of rotatable bonds is 6. The van der Waals surface area contributed by atoms with Gasteiger partial charge in [-0.3, -0.25) is 0 Å². The average molecular weight is 306 g/mol. The first-order valence-electron chi connectivity index (χ1n) is 6.78. The van der Waals surface area contributed by atoms with Crippen molar-refractivity contribution < 1.29 is 0 Å². The molecule has 3 heteroatoms. The van der Waals surface area contributed by atoms with Gasteiger partial charge in [-0.05, 0) is 44.2 Å². The van der Waals surface area contributed by atoms with Gasteiger partial charge in [-0.2, -0.15) is 0 Å². The second-order valence-electron chi connectivity index (χ2n) is 4.95. The lowest BCUT2D eigenvalue weighted by molar-refractivity contribution is 0.617. The predicted molar refractivity (Wildman–Crippen MR) is 89.9 cm³/mol. The minimum atomic E-state index is 0.459. The molecule has 0 aliphatic heterocycles. The van der Waals surface area contributed by atoms with Crippen molar-refractivity contribution in [2.75, 3.05) is 12.8 Å². The van der Waals surface area contributed by atoms with E-state index in [0.29, 0.717) is 6.04 Å². The molecule has 0 heterocycles. The Bertz CT molecular complexity index is 556. The summed E-state index contributed by atoms with van der Waals surface area (Å²) in [7, 11) is 2.03. The van der Waals surface area contributed by atoms with Crippen molar-refractivity contribution in [3.05, 3.63) is 64.7 Å². The predicted octanol–water partition coefficient (Wildman–Crippen LogP) is 4.57. The highest BCUT2D eigenvalue weighted by Gasteiger charge is 2.08. The Kier molecular flexibility index (Phi) is 5.96. The van der Waals surface area contributed by atoms with E-state index in [4.69, 9.17) is 11.6 Å². The molecule has 2 aromatic rings. The molecule has 0 aromatic heterocycles. The van der Waals surface area contributed by atoms with Crippen LogP contribution in [0.3, 0.4) is 0 Å². The van der Waals surface area contributed by atoms with Gasteiger partial charge in [0, 0.05) is 21.7 Å². The largest absolute Gasteiger partial charge is 0.316 e. The monoisotopic (exact) mass is 305 g/mol. The van der Waals surface area contributed by atoms with Gasteiger partial charge >= 0.3 is 0 Å². The molecule has 2 rings (SSSR count). The maximum absolute atomic E-state index is 6.01. The zero-order valence-corrected chi connectivity index (χ0v) is 13.5. The van der Waals surface area contributed by atoms with Gasteiger partial charge < -0.3 is 5.32 Å². The van der Waals surface area contributed by atoms with E-state index in [-0.39, 0.29) is 0 Å². The van der Waals surface area contributed by atoms with Crippen LogP contribution in [0.5, 0.6) is 0 Å². The van der Waals surface area contributed by atoms with Gasteiger partial charge in [-0.15, -0.1) is 11.8 Å². The summed E-state index contributed by atoms with van der Waals surface area (Å²) in [4.78, 5) is 1.22. The highest BCUT2D eigenvalue weighted by molar-refractivity contribution is 7.99. The van der Waals surface area contributed by atoms with Crippen molar-refractivity contribution in [3.8, 4) is 0 Å². The van der Waals surface area contributed by atoms with Gasteiger partial charge in [0.1, 0.15) is 0 Å². The Labute approximate surface area is 130 Å². The SMILES string of the molecule is CNC(CSc1cccc(Cl)c1)Cc1cccc(C)c1. The molecule has 20 heavy (non-hydrogen) atoms. The van der Waals surface area contributed by atoms with E-state index in [1.165, 1.54) is 16.0 Å². The lowest BCUT2D eigenvalue weighted by atomic mass is 10.1. The number of hydrogen-bond donors (Lipinski definition) is 1. The van der Waals surface area contributed by atoms with Crippen molar-refractivity contribution in [1.82, 2.24) is 5.32 Å². The van der Waals surface area contributed by atoms with Crippen LogP contribution in [0, 0.1) is 6.92 Å². The van der Waals surface area contributed by atoms with Crippen LogP contribution in [-0.4, -0.2) is 18.8 Å². The number of halogens is 1. The summed E-state index contributed by atoms with van der Waals surface area (Å²) in [6.07, 6.45) is 1.05. The smallest absolute Gasteiger partial charge is 0.0417 e. The van der Waals surface area contributed by atoms with Crippen LogP contribution in [0.25, 0.3) is 0 Å². The van der Waals surface area contributed by atoms with Crippen LogP contribution < -0.4 is 5.32 Å². The molecular formula is C17H20ClNS. The molecule has 1 atom stereocenters. The first-order valence-corrected chi connectivity index (χ1v) is 8.15. The third-order valence-electron chi connectivity index (χ3n) is 3.22. The number of thioether (sulfide) groups is 1. The zero-order chi connectivity index (χ0) is 14.4. The Hall–Kier alpha value is -0.960. The van der Waals surface area contributed by atoms with Crippen LogP contribution in [0.1, 0.15) is 11.1 Å². The minimum absolute atomic E-state index is 0.459. The third kappa shape index (κ3) is 4.86. The molecule has 0 spiro atoms. The highest BCUT2D eigenvalue weighted by atomic mass is 35.5. The minimum Gasteiger partial charge on any atom is -0.316 e. The molecule has 0 saturated carbocycles. The Morgan fingerprint density at radius 2 is 1.95 bits per heavy atom. The lowest BCUT2D eigenvalue weighted by Gasteiger charge is -2.16.